The van der Waals surface area contributed by atoms with Crippen LogP contribution in [0.25, 0.3) is 0 Å². The van der Waals surface area contributed by atoms with Crippen molar-refractivity contribution in [2.45, 2.75) is 43.9 Å². The van der Waals surface area contributed by atoms with Crippen LogP contribution in [0.15, 0.2) is 51.8 Å². The molecule has 1 amide bonds. The molecular weight excluding hydrogens is 532 g/mol. The van der Waals surface area contributed by atoms with Crippen molar-refractivity contribution in [2.75, 3.05) is 15.8 Å². The molecule has 0 saturated heterocycles. The first-order chi connectivity index (χ1) is 17.6. The Labute approximate surface area is 221 Å². The fourth-order valence-electron chi connectivity index (χ4n) is 4.76. The number of fused-ring (bicyclic) bond motifs is 2. The van der Waals surface area contributed by atoms with Crippen molar-refractivity contribution in [1.29, 1.82) is 0 Å². The van der Waals surface area contributed by atoms with E-state index >= 15 is 0 Å². The second kappa shape index (κ2) is 9.62. The maximum atomic E-state index is 13.9. The summed E-state index contributed by atoms with van der Waals surface area (Å²) in [6, 6.07) is 10.4. The van der Waals surface area contributed by atoms with Crippen LogP contribution in [-0.4, -0.2) is 45.9 Å². The van der Waals surface area contributed by atoms with Crippen molar-refractivity contribution in [3.8, 4) is 0 Å². The molecule has 1 heterocycles. The van der Waals surface area contributed by atoms with E-state index in [2.05, 4.69) is 14.4 Å². The third-order valence-corrected chi connectivity index (χ3v) is 9.24. The lowest BCUT2D eigenvalue weighted by Gasteiger charge is -2.39. The molecule has 0 aromatic heterocycles. The monoisotopic (exact) mass is 560 g/mol. The number of hydrogen-bond donors (Lipinski definition) is 3. The summed E-state index contributed by atoms with van der Waals surface area (Å²) in [4.78, 5) is 38.1. The van der Waals surface area contributed by atoms with Gasteiger partial charge in [0.15, 0.2) is 11.6 Å². The number of sulfonamides is 2. The molecule has 1 aliphatic carbocycles. The number of amidine groups is 1. The van der Waals surface area contributed by atoms with Crippen molar-refractivity contribution in [3.05, 3.63) is 53.6 Å². The Morgan fingerprint density at radius 3 is 2.53 bits per heavy atom. The first-order valence-electron chi connectivity index (χ1n) is 11.9. The van der Waals surface area contributed by atoms with E-state index in [1.807, 2.05) is 13.8 Å². The third kappa shape index (κ3) is 5.07. The number of anilines is 2. The lowest BCUT2D eigenvalue weighted by atomic mass is 9.63. The van der Waals surface area contributed by atoms with Gasteiger partial charge in [0.1, 0.15) is 22.4 Å². The van der Waals surface area contributed by atoms with E-state index in [9.17, 15) is 31.2 Å². The highest BCUT2D eigenvalue weighted by Crippen LogP contribution is 2.43. The molecule has 2 aromatic carbocycles. The molecule has 0 fully saturated rings. The molecule has 202 valence electrons. The van der Waals surface area contributed by atoms with Gasteiger partial charge in [0, 0.05) is 5.56 Å². The van der Waals surface area contributed by atoms with Gasteiger partial charge in [-0.3, -0.25) is 19.1 Å². The van der Waals surface area contributed by atoms with E-state index in [4.69, 9.17) is 5.73 Å². The Morgan fingerprint density at radius 1 is 1.18 bits per heavy atom. The molecule has 1 aliphatic heterocycles. The van der Waals surface area contributed by atoms with Crippen LogP contribution in [0, 0.1) is 11.8 Å². The normalized spacial score (nSPS) is 22.2. The lowest BCUT2D eigenvalue weighted by molar-refractivity contribution is -0.125. The fourth-order valence-corrected chi connectivity index (χ4v) is 6.87. The van der Waals surface area contributed by atoms with Gasteiger partial charge in [0.05, 0.1) is 16.8 Å². The highest BCUT2D eigenvalue weighted by atomic mass is 32.2. The summed E-state index contributed by atoms with van der Waals surface area (Å²) in [5, 5.41) is 2.82. The smallest absolute Gasteiger partial charge is 0.286 e. The standard InChI is InChI=1S/C25H28N4O7S2/c1-14(2)10-11-25(3)17-7-5-4-6-16(17)22(31)21(23(25)32)24-27-18-9-8-15(12-19(18)38(35,36)29-24)28-37(33,34)13-20(26)30/h4-9,12,14,21,28H,10-11,13H2,1-3H3,(H2,26,30)(H,27,29). The molecule has 0 saturated carbocycles. The molecule has 2 aromatic rings. The molecule has 2 aliphatic rings. The molecule has 13 heteroatoms. The zero-order valence-electron chi connectivity index (χ0n) is 21.0. The van der Waals surface area contributed by atoms with E-state index in [1.165, 1.54) is 12.1 Å². The van der Waals surface area contributed by atoms with Crippen LogP contribution in [-0.2, 0) is 35.1 Å². The van der Waals surface area contributed by atoms with Gasteiger partial charge in [-0.25, -0.2) is 8.42 Å². The minimum absolute atomic E-state index is 0.0243. The molecule has 11 nitrogen and oxygen atoms in total. The van der Waals surface area contributed by atoms with E-state index in [0.717, 1.165) is 6.07 Å². The molecule has 0 radical (unpaired) electrons. The minimum Gasteiger partial charge on any atom is -0.369 e. The van der Waals surface area contributed by atoms with Crippen molar-refractivity contribution < 1.29 is 31.2 Å². The zero-order chi connectivity index (χ0) is 28.0. The van der Waals surface area contributed by atoms with Crippen LogP contribution < -0.4 is 15.8 Å². The van der Waals surface area contributed by atoms with Crippen LogP contribution in [0.4, 0.5) is 11.4 Å². The lowest BCUT2D eigenvalue weighted by Crippen LogP contribution is -2.51. The van der Waals surface area contributed by atoms with Crippen molar-refractivity contribution in [2.24, 2.45) is 22.0 Å². The van der Waals surface area contributed by atoms with Gasteiger partial charge in [-0.1, -0.05) is 38.1 Å². The fraction of sp³-hybridized carbons (Fsp3) is 0.360. The second-order valence-corrected chi connectivity index (χ2v) is 13.4. The Morgan fingerprint density at radius 2 is 1.87 bits per heavy atom. The van der Waals surface area contributed by atoms with Crippen LogP contribution in [0.2, 0.25) is 0 Å². The maximum Gasteiger partial charge on any atom is 0.286 e. The summed E-state index contributed by atoms with van der Waals surface area (Å²) in [6.45, 7) is 5.83. The topological polar surface area (TPSA) is 182 Å². The maximum absolute atomic E-state index is 13.9. The number of carbonyl (C=O) groups excluding carboxylic acids is 3. The SMILES string of the molecule is CC(C)CCC1(C)C(=O)C(C2=NS(=O)(=O)c3cc(NS(=O)(=O)CC(N)=O)ccc3N2)C(=O)c2ccccc21. The molecule has 0 bridgehead atoms. The number of rotatable bonds is 8. The Kier molecular flexibility index (Phi) is 6.95. The highest BCUT2D eigenvalue weighted by molar-refractivity contribution is 7.93. The highest BCUT2D eigenvalue weighted by Gasteiger charge is 2.51. The number of nitrogens with two attached hydrogens (primary N) is 1. The van der Waals surface area contributed by atoms with Crippen molar-refractivity contribution in [1.82, 2.24) is 0 Å². The quantitative estimate of drug-likeness (QED) is 0.411. The first kappa shape index (κ1) is 27.5. The predicted molar refractivity (Wildman–Crippen MR) is 142 cm³/mol. The van der Waals surface area contributed by atoms with Crippen LogP contribution in [0.1, 0.15) is 49.5 Å². The number of ketones is 2. The molecular formula is C25H28N4O7S2. The molecule has 0 spiro atoms. The van der Waals surface area contributed by atoms with Gasteiger partial charge in [-0.15, -0.1) is 4.40 Å². The van der Waals surface area contributed by atoms with Gasteiger partial charge >= 0.3 is 0 Å². The number of benzene rings is 2. The Balaban J connectivity index is 1.74. The molecule has 2 atom stereocenters. The number of nitrogens with one attached hydrogen (secondary N) is 2. The average Bonchev–Trinajstić information content (AvgIpc) is 2.81. The summed E-state index contributed by atoms with van der Waals surface area (Å²) < 4.78 is 56.3. The summed E-state index contributed by atoms with van der Waals surface area (Å²) in [5.41, 5.74) is 4.76. The summed E-state index contributed by atoms with van der Waals surface area (Å²) >= 11 is 0. The Hall–Kier alpha value is -3.58. The summed E-state index contributed by atoms with van der Waals surface area (Å²) in [5.74, 6) is -4.52. The van der Waals surface area contributed by atoms with E-state index < -0.39 is 54.6 Å². The number of nitrogens with zero attached hydrogens (tertiary/aromatic N) is 1. The molecule has 4 rings (SSSR count). The third-order valence-electron chi connectivity index (χ3n) is 6.70. The second-order valence-electron chi connectivity index (χ2n) is 10.1. The summed E-state index contributed by atoms with van der Waals surface area (Å²) in [6.07, 6.45) is 1.18. The van der Waals surface area contributed by atoms with Gasteiger partial charge < -0.3 is 11.1 Å². The molecule has 2 unspecified atom stereocenters. The van der Waals surface area contributed by atoms with Crippen molar-refractivity contribution >= 4 is 54.7 Å². The molecule has 38 heavy (non-hydrogen) atoms. The number of Topliss-reactive ketones (excluding diaryl/α,β-unsaturated/α-hetero) is 2. The molecule has 4 N–H and O–H groups in total. The van der Waals surface area contributed by atoms with E-state index in [0.29, 0.717) is 29.9 Å². The Bertz CT molecular complexity index is 1600. The number of hydrogen-bond acceptors (Lipinski definition) is 8. The van der Waals surface area contributed by atoms with Crippen molar-refractivity contribution in [3.63, 3.8) is 0 Å². The van der Waals surface area contributed by atoms with Crippen LogP contribution in [0.5, 0.6) is 0 Å². The average molecular weight is 561 g/mol. The number of primary amides is 1. The van der Waals surface area contributed by atoms with Gasteiger partial charge in [-0.2, -0.15) is 8.42 Å². The van der Waals surface area contributed by atoms with Gasteiger partial charge in [0.2, 0.25) is 15.9 Å². The zero-order valence-corrected chi connectivity index (χ0v) is 22.6. The van der Waals surface area contributed by atoms with Crippen LogP contribution >= 0.6 is 0 Å². The largest absolute Gasteiger partial charge is 0.369 e. The first-order valence-corrected chi connectivity index (χ1v) is 15.0. The number of carbonyl (C=O) groups is 3. The predicted octanol–water partition coefficient (Wildman–Crippen LogP) is 2.20. The number of amides is 1. The summed E-state index contributed by atoms with van der Waals surface area (Å²) in [7, 11) is -8.59. The van der Waals surface area contributed by atoms with Gasteiger partial charge in [-0.05, 0) is 49.4 Å². The van der Waals surface area contributed by atoms with E-state index in [-0.39, 0.29) is 22.1 Å². The van der Waals surface area contributed by atoms with Gasteiger partial charge in [0.25, 0.3) is 10.0 Å². The van der Waals surface area contributed by atoms with E-state index in [1.54, 1.807) is 31.2 Å². The minimum atomic E-state index is -4.43. The van der Waals surface area contributed by atoms with Crippen LogP contribution in [0.3, 0.4) is 0 Å².